The molecule has 0 aliphatic carbocycles. The molecule has 1 atom stereocenters. The van der Waals surface area contributed by atoms with Gasteiger partial charge in [0.25, 0.3) is 0 Å². The molecule has 0 amide bonds. The lowest BCUT2D eigenvalue weighted by Gasteiger charge is -2.22. The second-order valence-corrected chi connectivity index (χ2v) is 5.35. The Bertz CT molecular complexity index is 143. The van der Waals surface area contributed by atoms with Crippen LogP contribution in [0.3, 0.4) is 0 Å². The standard InChI is InChI=1S/C7H13IO3/c1-5(2)4-7(3,8)11-6(9)10/h5H,4H2,1-3H3,(H,9,10). The molecule has 0 saturated carbocycles. The first kappa shape index (κ1) is 11.0. The van der Waals surface area contributed by atoms with Crippen LogP contribution in [-0.2, 0) is 4.74 Å². The summed E-state index contributed by atoms with van der Waals surface area (Å²) in [6.45, 7) is 5.83. The third-order valence-corrected chi connectivity index (χ3v) is 1.73. The molecule has 0 aromatic rings. The molecule has 0 heterocycles. The van der Waals surface area contributed by atoms with E-state index in [9.17, 15) is 4.79 Å². The largest absolute Gasteiger partial charge is 0.507 e. The van der Waals surface area contributed by atoms with Gasteiger partial charge in [-0.05, 0) is 41.9 Å². The highest BCUT2D eigenvalue weighted by molar-refractivity contribution is 14.1. The first-order valence-corrected chi connectivity index (χ1v) is 4.52. The number of hydrogen-bond donors (Lipinski definition) is 1. The summed E-state index contributed by atoms with van der Waals surface area (Å²) in [6.07, 6.45) is -0.470. The lowest BCUT2D eigenvalue weighted by Crippen LogP contribution is -2.25. The van der Waals surface area contributed by atoms with E-state index in [4.69, 9.17) is 5.11 Å². The van der Waals surface area contributed by atoms with Crippen LogP contribution in [0.15, 0.2) is 0 Å². The molecule has 0 fully saturated rings. The van der Waals surface area contributed by atoms with Gasteiger partial charge < -0.3 is 9.84 Å². The van der Waals surface area contributed by atoms with Crippen molar-refractivity contribution in [3.05, 3.63) is 0 Å². The number of ether oxygens (including phenoxy) is 1. The van der Waals surface area contributed by atoms with Crippen LogP contribution in [0.2, 0.25) is 0 Å². The molecule has 0 aliphatic rings. The maximum atomic E-state index is 10.2. The summed E-state index contributed by atoms with van der Waals surface area (Å²) in [5, 5.41) is 8.33. The Hall–Kier alpha value is 0. The van der Waals surface area contributed by atoms with Gasteiger partial charge in [0.2, 0.25) is 0 Å². The summed E-state index contributed by atoms with van der Waals surface area (Å²) in [5.41, 5.74) is 0. The van der Waals surface area contributed by atoms with E-state index in [0.29, 0.717) is 5.92 Å². The van der Waals surface area contributed by atoms with E-state index < -0.39 is 9.76 Å². The lowest BCUT2D eigenvalue weighted by atomic mass is 10.1. The Morgan fingerprint density at radius 1 is 1.73 bits per heavy atom. The van der Waals surface area contributed by atoms with Gasteiger partial charge in [-0.15, -0.1) is 0 Å². The van der Waals surface area contributed by atoms with Crippen LogP contribution in [0, 0.1) is 5.92 Å². The quantitative estimate of drug-likeness (QED) is 0.488. The molecule has 0 aliphatic heterocycles. The van der Waals surface area contributed by atoms with Crippen LogP contribution in [-0.4, -0.2) is 14.9 Å². The summed E-state index contributed by atoms with van der Waals surface area (Å²) in [6, 6.07) is 0. The van der Waals surface area contributed by atoms with Crippen molar-refractivity contribution in [2.24, 2.45) is 5.92 Å². The normalized spacial score (nSPS) is 16.1. The SMILES string of the molecule is CC(C)CC(C)(I)OC(=O)O. The average Bonchev–Trinajstić information content (AvgIpc) is 1.53. The van der Waals surface area contributed by atoms with Crippen molar-refractivity contribution in [1.29, 1.82) is 0 Å². The van der Waals surface area contributed by atoms with Gasteiger partial charge in [0.15, 0.2) is 3.61 Å². The Morgan fingerprint density at radius 3 is 2.45 bits per heavy atom. The molecule has 0 bridgehead atoms. The zero-order valence-corrected chi connectivity index (χ0v) is 9.08. The number of carbonyl (C=O) groups is 1. The van der Waals surface area contributed by atoms with Crippen LogP contribution in [0.25, 0.3) is 0 Å². The molecule has 66 valence electrons. The van der Waals surface area contributed by atoms with E-state index in [1.165, 1.54) is 0 Å². The molecule has 0 rings (SSSR count). The van der Waals surface area contributed by atoms with Gasteiger partial charge in [0, 0.05) is 0 Å². The highest BCUT2D eigenvalue weighted by Crippen LogP contribution is 2.27. The fourth-order valence-electron chi connectivity index (χ4n) is 0.953. The Labute approximate surface area is 80.3 Å². The second kappa shape index (κ2) is 4.13. The molecule has 0 saturated heterocycles. The van der Waals surface area contributed by atoms with Crippen LogP contribution >= 0.6 is 22.6 Å². The number of rotatable bonds is 3. The molecule has 3 nitrogen and oxygen atoms in total. The molecule has 1 unspecified atom stereocenters. The molecule has 0 aromatic heterocycles. The van der Waals surface area contributed by atoms with E-state index in [-0.39, 0.29) is 0 Å². The molecule has 0 spiro atoms. The third kappa shape index (κ3) is 6.40. The third-order valence-electron chi connectivity index (χ3n) is 1.07. The predicted octanol–water partition coefficient (Wildman–Crippen LogP) is 2.88. The fourth-order valence-corrected chi connectivity index (χ4v) is 2.02. The summed E-state index contributed by atoms with van der Waals surface area (Å²) in [7, 11) is 0. The summed E-state index contributed by atoms with van der Waals surface area (Å²) < 4.78 is 4.07. The van der Waals surface area contributed by atoms with Crippen LogP contribution < -0.4 is 0 Å². The van der Waals surface area contributed by atoms with Crippen molar-refractivity contribution >= 4 is 28.7 Å². The van der Waals surface area contributed by atoms with Crippen LogP contribution in [0.4, 0.5) is 4.79 Å². The second-order valence-electron chi connectivity index (χ2n) is 3.07. The van der Waals surface area contributed by atoms with Gasteiger partial charge in [-0.2, -0.15) is 0 Å². The van der Waals surface area contributed by atoms with E-state index in [1.807, 2.05) is 36.4 Å². The molecular weight excluding hydrogens is 259 g/mol. The highest BCUT2D eigenvalue weighted by Gasteiger charge is 2.25. The average molecular weight is 272 g/mol. The highest BCUT2D eigenvalue weighted by atomic mass is 127. The summed E-state index contributed by atoms with van der Waals surface area (Å²) >= 11 is 2.00. The molecule has 11 heavy (non-hydrogen) atoms. The van der Waals surface area contributed by atoms with Crippen LogP contribution in [0.1, 0.15) is 27.2 Å². The van der Waals surface area contributed by atoms with Gasteiger partial charge in [0.1, 0.15) is 0 Å². The smallest absolute Gasteiger partial charge is 0.450 e. The summed E-state index contributed by atoms with van der Waals surface area (Å²) in [5.74, 6) is 0.441. The summed E-state index contributed by atoms with van der Waals surface area (Å²) in [4.78, 5) is 10.2. The molecule has 1 N–H and O–H groups in total. The first-order chi connectivity index (χ1) is 4.83. The maximum absolute atomic E-state index is 10.2. The zero-order valence-electron chi connectivity index (χ0n) is 6.93. The fraction of sp³-hybridized carbons (Fsp3) is 0.857. The minimum atomic E-state index is -1.21. The number of halogens is 1. The van der Waals surface area contributed by atoms with Crippen molar-refractivity contribution in [2.75, 3.05) is 0 Å². The van der Waals surface area contributed by atoms with Gasteiger partial charge in [0.05, 0.1) is 0 Å². The number of alkyl halides is 1. The predicted molar refractivity (Wildman–Crippen MR) is 51.0 cm³/mol. The van der Waals surface area contributed by atoms with E-state index >= 15 is 0 Å². The number of hydrogen-bond acceptors (Lipinski definition) is 2. The van der Waals surface area contributed by atoms with E-state index in [1.54, 1.807) is 6.92 Å². The Kier molecular flexibility index (Phi) is 4.13. The van der Waals surface area contributed by atoms with E-state index in [0.717, 1.165) is 6.42 Å². The van der Waals surface area contributed by atoms with Crippen molar-refractivity contribution in [3.8, 4) is 0 Å². The van der Waals surface area contributed by atoms with Gasteiger partial charge in [-0.1, -0.05) is 13.8 Å². The Balaban J connectivity index is 3.89. The molecule has 4 heteroatoms. The van der Waals surface area contributed by atoms with Gasteiger partial charge in [-0.3, -0.25) is 0 Å². The topological polar surface area (TPSA) is 46.5 Å². The molecule has 0 aromatic carbocycles. The van der Waals surface area contributed by atoms with Crippen molar-refractivity contribution in [1.82, 2.24) is 0 Å². The van der Waals surface area contributed by atoms with Gasteiger partial charge in [-0.25, -0.2) is 4.79 Å². The van der Waals surface area contributed by atoms with Crippen molar-refractivity contribution in [2.45, 2.75) is 30.8 Å². The first-order valence-electron chi connectivity index (χ1n) is 3.44. The minimum absolute atomic E-state index is 0.441. The molecular formula is C7H13IO3. The van der Waals surface area contributed by atoms with E-state index in [2.05, 4.69) is 4.74 Å². The maximum Gasteiger partial charge on any atom is 0.507 e. The zero-order chi connectivity index (χ0) is 9.07. The lowest BCUT2D eigenvalue weighted by molar-refractivity contribution is 0.0427. The molecule has 0 radical (unpaired) electrons. The minimum Gasteiger partial charge on any atom is -0.450 e. The van der Waals surface area contributed by atoms with Crippen molar-refractivity contribution in [3.63, 3.8) is 0 Å². The monoisotopic (exact) mass is 272 g/mol. The number of carboxylic acid groups (broad SMARTS) is 1. The van der Waals surface area contributed by atoms with Crippen LogP contribution in [0.5, 0.6) is 0 Å². The van der Waals surface area contributed by atoms with Gasteiger partial charge >= 0.3 is 6.16 Å². The Morgan fingerprint density at radius 2 is 2.18 bits per heavy atom. The van der Waals surface area contributed by atoms with Crippen molar-refractivity contribution < 1.29 is 14.6 Å².